The minimum absolute atomic E-state index is 0.153. The molecule has 0 bridgehead atoms. The third-order valence-electron chi connectivity index (χ3n) is 1.67. The van der Waals surface area contributed by atoms with E-state index in [4.69, 9.17) is 5.26 Å². The van der Waals surface area contributed by atoms with Gasteiger partial charge in [0.2, 0.25) is 0 Å². The lowest BCUT2D eigenvalue weighted by Crippen LogP contribution is -2.13. The first-order valence-corrected chi connectivity index (χ1v) is 4.19. The minimum Gasteiger partial charge on any atom is -0.328 e. The first-order chi connectivity index (χ1) is 5.66. The summed E-state index contributed by atoms with van der Waals surface area (Å²) in [6.07, 6.45) is 1.74. The van der Waals surface area contributed by atoms with E-state index >= 15 is 0 Å². The number of halogens is 1. The number of rotatable bonds is 1. The van der Waals surface area contributed by atoms with Gasteiger partial charge in [0.1, 0.15) is 0 Å². The normalized spacial score (nSPS) is 9.42. The first kappa shape index (κ1) is 9.01. The van der Waals surface area contributed by atoms with E-state index in [2.05, 4.69) is 20.9 Å². The number of hydrogen-bond donors (Lipinski definition) is 1. The highest BCUT2D eigenvalue weighted by atomic mass is 79.9. The molecular weight excluding hydrogens is 220 g/mol. The summed E-state index contributed by atoms with van der Waals surface area (Å²) in [6, 6.07) is 1.95. The van der Waals surface area contributed by atoms with Gasteiger partial charge in [-0.05, 0) is 28.4 Å². The Labute approximate surface area is 78.2 Å². The van der Waals surface area contributed by atoms with Gasteiger partial charge in [-0.1, -0.05) is 0 Å². The van der Waals surface area contributed by atoms with Crippen LogP contribution in [0.3, 0.4) is 0 Å². The van der Waals surface area contributed by atoms with E-state index in [0.717, 1.165) is 10.0 Å². The average molecular weight is 227 g/mol. The van der Waals surface area contributed by atoms with Gasteiger partial charge in [-0.25, -0.2) is 0 Å². The van der Waals surface area contributed by atoms with Crippen LogP contribution in [0.2, 0.25) is 0 Å². The molecule has 0 spiro atoms. The van der Waals surface area contributed by atoms with Crippen molar-refractivity contribution in [2.75, 3.05) is 0 Å². The molecular formula is C8H7BrN2O. The lowest BCUT2D eigenvalue weighted by molar-refractivity contribution is 1.08. The van der Waals surface area contributed by atoms with Gasteiger partial charge in [0, 0.05) is 16.2 Å². The van der Waals surface area contributed by atoms with Crippen LogP contribution in [0.15, 0.2) is 15.5 Å². The third-order valence-corrected chi connectivity index (χ3v) is 2.49. The van der Waals surface area contributed by atoms with Crippen LogP contribution >= 0.6 is 15.9 Å². The molecule has 4 heteroatoms. The highest BCUT2D eigenvalue weighted by molar-refractivity contribution is 9.10. The second kappa shape index (κ2) is 3.55. The Morgan fingerprint density at radius 1 is 1.75 bits per heavy atom. The predicted molar refractivity (Wildman–Crippen MR) is 48.8 cm³/mol. The number of nitriles is 1. The molecule has 0 unspecified atom stereocenters. The smallest absolute Gasteiger partial charge is 0.252 e. The Kier molecular flexibility index (Phi) is 2.66. The van der Waals surface area contributed by atoms with Crippen LogP contribution < -0.4 is 5.56 Å². The molecule has 0 saturated heterocycles. The zero-order valence-corrected chi connectivity index (χ0v) is 8.10. The van der Waals surface area contributed by atoms with Crippen LogP contribution in [0, 0.1) is 18.3 Å². The maximum absolute atomic E-state index is 11.2. The Balaban J connectivity index is 3.35. The molecule has 0 amide bonds. The fourth-order valence-corrected chi connectivity index (χ4v) is 1.28. The summed E-state index contributed by atoms with van der Waals surface area (Å²) < 4.78 is 0.826. The molecule has 12 heavy (non-hydrogen) atoms. The summed E-state index contributed by atoms with van der Waals surface area (Å²) in [5, 5.41) is 8.44. The maximum Gasteiger partial charge on any atom is 0.252 e. The van der Waals surface area contributed by atoms with Gasteiger partial charge in [0.05, 0.1) is 12.5 Å². The summed E-state index contributed by atoms with van der Waals surface area (Å²) in [5.41, 5.74) is 1.18. The van der Waals surface area contributed by atoms with Crippen molar-refractivity contribution in [1.29, 1.82) is 5.26 Å². The molecule has 0 aromatic carbocycles. The van der Waals surface area contributed by atoms with Gasteiger partial charge in [0.25, 0.3) is 5.56 Å². The van der Waals surface area contributed by atoms with E-state index in [-0.39, 0.29) is 12.0 Å². The number of nitrogens with zero attached hydrogens (tertiary/aromatic N) is 1. The molecule has 0 fully saturated rings. The molecule has 0 aliphatic rings. The topological polar surface area (TPSA) is 56.6 Å². The number of nitrogens with one attached hydrogen (secondary N) is 1. The Morgan fingerprint density at radius 2 is 2.42 bits per heavy atom. The molecule has 1 N–H and O–H groups in total. The van der Waals surface area contributed by atoms with Gasteiger partial charge in [-0.2, -0.15) is 5.26 Å². The second-order valence-corrected chi connectivity index (χ2v) is 3.26. The number of aromatic nitrogens is 1. The fourth-order valence-electron chi connectivity index (χ4n) is 0.931. The van der Waals surface area contributed by atoms with Crippen LogP contribution in [0.1, 0.15) is 11.1 Å². The summed E-state index contributed by atoms with van der Waals surface area (Å²) in [4.78, 5) is 13.7. The molecule has 0 radical (unpaired) electrons. The SMILES string of the molecule is Cc1c(Br)c[nH]c(=O)c1CC#N. The van der Waals surface area contributed by atoms with Gasteiger partial charge in [-0.3, -0.25) is 4.79 Å². The van der Waals surface area contributed by atoms with E-state index in [1.54, 1.807) is 6.20 Å². The largest absolute Gasteiger partial charge is 0.328 e. The van der Waals surface area contributed by atoms with Gasteiger partial charge in [0.15, 0.2) is 0 Å². The summed E-state index contributed by atoms with van der Waals surface area (Å²) in [6.45, 7) is 1.81. The summed E-state index contributed by atoms with van der Waals surface area (Å²) in [5.74, 6) is 0. The molecule has 1 aromatic heterocycles. The lowest BCUT2D eigenvalue weighted by Gasteiger charge is -2.01. The molecule has 0 aliphatic carbocycles. The van der Waals surface area contributed by atoms with E-state index in [9.17, 15) is 4.79 Å². The quantitative estimate of drug-likeness (QED) is 0.790. The van der Waals surface area contributed by atoms with Crippen molar-refractivity contribution >= 4 is 15.9 Å². The highest BCUT2D eigenvalue weighted by Crippen LogP contribution is 2.15. The van der Waals surface area contributed by atoms with Crippen molar-refractivity contribution in [3.63, 3.8) is 0 Å². The molecule has 0 atom stereocenters. The Hall–Kier alpha value is -1.08. The number of pyridine rings is 1. The van der Waals surface area contributed by atoms with E-state index < -0.39 is 0 Å². The molecule has 3 nitrogen and oxygen atoms in total. The highest BCUT2D eigenvalue weighted by Gasteiger charge is 2.05. The molecule has 1 rings (SSSR count). The van der Waals surface area contributed by atoms with Crippen LogP contribution in [-0.2, 0) is 6.42 Å². The van der Waals surface area contributed by atoms with Crippen LogP contribution in [0.4, 0.5) is 0 Å². The van der Waals surface area contributed by atoms with Gasteiger partial charge in [-0.15, -0.1) is 0 Å². The zero-order chi connectivity index (χ0) is 9.14. The van der Waals surface area contributed by atoms with Crippen molar-refractivity contribution < 1.29 is 0 Å². The molecule has 0 saturated carbocycles. The second-order valence-electron chi connectivity index (χ2n) is 2.40. The van der Waals surface area contributed by atoms with Crippen molar-refractivity contribution in [2.45, 2.75) is 13.3 Å². The number of aromatic amines is 1. The first-order valence-electron chi connectivity index (χ1n) is 3.40. The van der Waals surface area contributed by atoms with Crippen molar-refractivity contribution in [3.05, 3.63) is 32.2 Å². The summed E-state index contributed by atoms with van der Waals surface area (Å²) >= 11 is 3.27. The van der Waals surface area contributed by atoms with Crippen molar-refractivity contribution in [1.82, 2.24) is 4.98 Å². The number of H-pyrrole nitrogens is 1. The lowest BCUT2D eigenvalue weighted by atomic mass is 10.1. The standard InChI is InChI=1S/C8H7BrN2O/c1-5-6(2-3-10)8(12)11-4-7(5)9/h4H,2H2,1H3,(H,11,12). The van der Waals surface area contributed by atoms with E-state index in [1.165, 1.54) is 0 Å². The van der Waals surface area contributed by atoms with Crippen LogP contribution in [0.5, 0.6) is 0 Å². The minimum atomic E-state index is -0.183. The summed E-state index contributed by atoms with van der Waals surface area (Å²) in [7, 11) is 0. The average Bonchev–Trinajstić information content (AvgIpc) is 2.06. The predicted octanol–water partition coefficient (Wildman–Crippen LogP) is 1.51. The molecule has 0 aliphatic heterocycles. The van der Waals surface area contributed by atoms with Gasteiger partial charge >= 0.3 is 0 Å². The Bertz CT molecular complexity index is 389. The van der Waals surface area contributed by atoms with Crippen LogP contribution in [0.25, 0.3) is 0 Å². The molecule has 1 aromatic rings. The third kappa shape index (κ3) is 1.56. The Morgan fingerprint density at radius 3 is 3.00 bits per heavy atom. The monoisotopic (exact) mass is 226 g/mol. The van der Waals surface area contributed by atoms with Crippen LogP contribution in [-0.4, -0.2) is 4.98 Å². The van der Waals surface area contributed by atoms with Crippen molar-refractivity contribution in [2.24, 2.45) is 0 Å². The van der Waals surface area contributed by atoms with Crippen molar-refractivity contribution in [3.8, 4) is 6.07 Å². The number of hydrogen-bond acceptors (Lipinski definition) is 2. The fraction of sp³-hybridized carbons (Fsp3) is 0.250. The maximum atomic E-state index is 11.2. The van der Waals surface area contributed by atoms with Gasteiger partial charge < -0.3 is 4.98 Å². The molecule has 1 heterocycles. The van der Waals surface area contributed by atoms with E-state index in [1.807, 2.05) is 13.0 Å². The zero-order valence-electron chi connectivity index (χ0n) is 6.52. The molecule has 62 valence electrons. The van der Waals surface area contributed by atoms with E-state index in [0.29, 0.717) is 5.56 Å².